The fraction of sp³-hybridized carbons (Fsp3) is 0.333. The number of hydrogen-bond donors (Lipinski definition) is 2. The van der Waals surface area contributed by atoms with E-state index in [2.05, 4.69) is 17.4 Å². The summed E-state index contributed by atoms with van der Waals surface area (Å²) in [6.45, 7) is 7.69. The molecule has 2 N–H and O–H groups in total. The van der Waals surface area contributed by atoms with Gasteiger partial charge in [-0.2, -0.15) is 0 Å². The SMILES string of the molecule is C=C/C=C\C(NNC)=C(C)C. The van der Waals surface area contributed by atoms with Crippen LogP contribution in [0.15, 0.2) is 36.1 Å². The van der Waals surface area contributed by atoms with Gasteiger partial charge >= 0.3 is 0 Å². The Morgan fingerprint density at radius 2 is 2.00 bits per heavy atom. The zero-order chi connectivity index (χ0) is 8.69. The highest BCUT2D eigenvalue weighted by molar-refractivity contribution is 5.23. The van der Waals surface area contributed by atoms with Crippen LogP contribution in [0.4, 0.5) is 0 Å². The number of rotatable bonds is 4. The lowest BCUT2D eigenvalue weighted by atomic mass is 10.2. The normalized spacial score (nSPS) is 9.73. The second-order valence-electron chi connectivity index (χ2n) is 2.38. The molecule has 0 unspecified atom stereocenters. The molecule has 62 valence electrons. The van der Waals surface area contributed by atoms with E-state index in [9.17, 15) is 0 Å². The molecule has 11 heavy (non-hydrogen) atoms. The number of allylic oxidation sites excluding steroid dienone is 4. The molecule has 2 heteroatoms. The minimum Gasteiger partial charge on any atom is -0.322 e. The maximum Gasteiger partial charge on any atom is 0.0473 e. The molecule has 0 saturated carbocycles. The Morgan fingerprint density at radius 3 is 2.36 bits per heavy atom. The molecule has 0 radical (unpaired) electrons. The Bertz CT molecular complexity index is 174. The summed E-state index contributed by atoms with van der Waals surface area (Å²) >= 11 is 0. The minimum atomic E-state index is 1.08. The molecule has 0 aliphatic rings. The van der Waals surface area contributed by atoms with Gasteiger partial charge in [0.2, 0.25) is 0 Å². The van der Waals surface area contributed by atoms with Crippen molar-refractivity contribution >= 4 is 0 Å². The average molecular weight is 152 g/mol. The first-order valence-corrected chi connectivity index (χ1v) is 3.61. The first-order chi connectivity index (χ1) is 5.22. The molecule has 0 heterocycles. The fourth-order valence-electron chi connectivity index (χ4n) is 0.632. The molecule has 0 aromatic carbocycles. The summed E-state index contributed by atoms with van der Waals surface area (Å²) in [7, 11) is 1.84. The zero-order valence-corrected chi connectivity index (χ0v) is 7.44. The largest absolute Gasteiger partial charge is 0.322 e. The van der Waals surface area contributed by atoms with Gasteiger partial charge in [0, 0.05) is 12.7 Å². The quantitative estimate of drug-likeness (QED) is 0.473. The Hall–Kier alpha value is -1.02. The Labute approximate surface area is 68.7 Å². The molecular weight excluding hydrogens is 136 g/mol. The highest BCUT2D eigenvalue weighted by atomic mass is 15.3. The van der Waals surface area contributed by atoms with E-state index in [1.54, 1.807) is 6.08 Å². The fourth-order valence-corrected chi connectivity index (χ4v) is 0.632. The predicted molar refractivity (Wildman–Crippen MR) is 49.9 cm³/mol. The molecule has 0 aliphatic carbocycles. The first kappa shape index (κ1) is 9.98. The van der Waals surface area contributed by atoms with E-state index in [-0.39, 0.29) is 0 Å². The minimum absolute atomic E-state index is 1.08. The van der Waals surface area contributed by atoms with Gasteiger partial charge in [-0.25, -0.2) is 5.43 Å². The van der Waals surface area contributed by atoms with Crippen molar-refractivity contribution in [3.8, 4) is 0 Å². The molecule has 0 saturated heterocycles. The van der Waals surface area contributed by atoms with E-state index in [0.29, 0.717) is 0 Å². The van der Waals surface area contributed by atoms with E-state index in [1.807, 2.05) is 33.0 Å². The Kier molecular flexibility index (Phi) is 5.21. The lowest BCUT2D eigenvalue weighted by molar-refractivity contribution is 0.697. The van der Waals surface area contributed by atoms with Gasteiger partial charge in [0.15, 0.2) is 0 Å². The van der Waals surface area contributed by atoms with Crippen LogP contribution in [0.2, 0.25) is 0 Å². The third kappa shape index (κ3) is 4.39. The summed E-state index contributed by atoms with van der Waals surface area (Å²) in [6, 6.07) is 0. The van der Waals surface area contributed by atoms with Crippen molar-refractivity contribution < 1.29 is 0 Å². The molecule has 0 rings (SSSR count). The summed E-state index contributed by atoms with van der Waals surface area (Å²) in [5, 5.41) is 0. The first-order valence-electron chi connectivity index (χ1n) is 3.61. The van der Waals surface area contributed by atoms with Crippen LogP contribution in [0.25, 0.3) is 0 Å². The molecule has 0 spiro atoms. The van der Waals surface area contributed by atoms with Crippen LogP contribution < -0.4 is 10.9 Å². The average Bonchev–Trinajstić information content (AvgIpc) is 1.97. The van der Waals surface area contributed by atoms with Crippen molar-refractivity contribution in [2.45, 2.75) is 13.8 Å². The highest BCUT2D eigenvalue weighted by Gasteiger charge is 1.89. The van der Waals surface area contributed by atoms with Crippen molar-refractivity contribution in [3.63, 3.8) is 0 Å². The van der Waals surface area contributed by atoms with Crippen molar-refractivity contribution in [2.75, 3.05) is 7.05 Å². The van der Waals surface area contributed by atoms with Crippen LogP contribution in [-0.4, -0.2) is 7.05 Å². The predicted octanol–water partition coefficient (Wildman–Crippen LogP) is 1.75. The zero-order valence-electron chi connectivity index (χ0n) is 7.44. The summed E-state index contributed by atoms with van der Waals surface area (Å²) in [5.74, 6) is 0. The summed E-state index contributed by atoms with van der Waals surface area (Å²) in [6.07, 6.45) is 5.62. The van der Waals surface area contributed by atoms with Crippen molar-refractivity contribution in [1.29, 1.82) is 0 Å². The van der Waals surface area contributed by atoms with Gasteiger partial charge < -0.3 is 5.43 Å². The second kappa shape index (κ2) is 5.74. The maximum absolute atomic E-state index is 3.59. The van der Waals surface area contributed by atoms with Gasteiger partial charge in [-0.3, -0.25) is 0 Å². The maximum atomic E-state index is 3.59. The Morgan fingerprint density at radius 1 is 1.36 bits per heavy atom. The van der Waals surface area contributed by atoms with Crippen molar-refractivity contribution in [3.05, 3.63) is 36.1 Å². The van der Waals surface area contributed by atoms with Crippen LogP contribution in [0.3, 0.4) is 0 Å². The molecule has 0 atom stereocenters. The van der Waals surface area contributed by atoms with Crippen LogP contribution >= 0.6 is 0 Å². The third-order valence-electron chi connectivity index (χ3n) is 1.20. The Balaban J connectivity index is 4.23. The summed E-state index contributed by atoms with van der Waals surface area (Å²) in [4.78, 5) is 0. The van der Waals surface area contributed by atoms with E-state index in [4.69, 9.17) is 0 Å². The second-order valence-corrected chi connectivity index (χ2v) is 2.38. The summed E-state index contributed by atoms with van der Waals surface area (Å²) < 4.78 is 0. The van der Waals surface area contributed by atoms with Crippen LogP contribution in [-0.2, 0) is 0 Å². The van der Waals surface area contributed by atoms with Crippen LogP contribution in [0, 0.1) is 0 Å². The molecule has 0 amide bonds. The molecule has 0 aliphatic heterocycles. The van der Waals surface area contributed by atoms with E-state index >= 15 is 0 Å². The highest BCUT2D eigenvalue weighted by Crippen LogP contribution is 1.99. The third-order valence-corrected chi connectivity index (χ3v) is 1.20. The standard InChI is InChI=1S/C9H16N2/c1-5-6-7-9(8(2)3)11-10-4/h5-7,10-11H,1H2,2-4H3/b7-6-. The van der Waals surface area contributed by atoms with Gasteiger partial charge in [-0.1, -0.05) is 24.3 Å². The summed E-state index contributed by atoms with van der Waals surface area (Å²) in [5.41, 5.74) is 8.19. The van der Waals surface area contributed by atoms with Crippen molar-refractivity contribution in [2.24, 2.45) is 0 Å². The molecule has 0 fully saturated rings. The van der Waals surface area contributed by atoms with Crippen molar-refractivity contribution in [1.82, 2.24) is 10.9 Å². The van der Waals surface area contributed by atoms with Gasteiger partial charge in [0.1, 0.15) is 0 Å². The van der Waals surface area contributed by atoms with Gasteiger partial charge in [-0.05, 0) is 19.9 Å². The lowest BCUT2D eigenvalue weighted by Crippen LogP contribution is -2.26. The van der Waals surface area contributed by atoms with Crippen LogP contribution in [0.5, 0.6) is 0 Å². The molecule has 0 aromatic heterocycles. The van der Waals surface area contributed by atoms with Crippen LogP contribution in [0.1, 0.15) is 13.8 Å². The van der Waals surface area contributed by atoms with E-state index in [1.165, 1.54) is 5.57 Å². The lowest BCUT2D eigenvalue weighted by Gasteiger charge is -2.06. The number of nitrogens with one attached hydrogen (secondary N) is 2. The smallest absolute Gasteiger partial charge is 0.0473 e. The van der Waals surface area contributed by atoms with Gasteiger partial charge in [0.05, 0.1) is 0 Å². The molecule has 0 bridgehead atoms. The monoisotopic (exact) mass is 152 g/mol. The van der Waals surface area contributed by atoms with Gasteiger partial charge in [0.25, 0.3) is 0 Å². The topological polar surface area (TPSA) is 24.1 Å². The van der Waals surface area contributed by atoms with E-state index < -0.39 is 0 Å². The molecular formula is C9H16N2. The van der Waals surface area contributed by atoms with E-state index in [0.717, 1.165) is 5.70 Å². The molecule has 0 aromatic rings. The number of hydrogen-bond acceptors (Lipinski definition) is 2. The molecule has 2 nitrogen and oxygen atoms in total. The number of hydrazine groups is 1. The van der Waals surface area contributed by atoms with Gasteiger partial charge in [-0.15, -0.1) is 0 Å².